The number of amides is 2. The van der Waals surface area contributed by atoms with E-state index < -0.39 is 0 Å². The van der Waals surface area contributed by atoms with Gasteiger partial charge in [-0.25, -0.2) is 4.98 Å². The number of nitrogens with one attached hydrogen (secondary N) is 2. The third-order valence-electron chi connectivity index (χ3n) is 6.56. The van der Waals surface area contributed by atoms with E-state index in [1.807, 2.05) is 18.3 Å². The summed E-state index contributed by atoms with van der Waals surface area (Å²) in [6, 6.07) is 7.45. The molecule has 0 bridgehead atoms. The minimum Gasteiger partial charge on any atom is -0.368 e. The van der Waals surface area contributed by atoms with Gasteiger partial charge in [0.25, 0.3) is 5.91 Å². The number of fused-ring (bicyclic) bond motifs is 3. The molecule has 3 aliphatic heterocycles. The van der Waals surface area contributed by atoms with Gasteiger partial charge < -0.3 is 20.4 Å². The zero-order valence-electron chi connectivity index (χ0n) is 18.1. The lowest BCUT2D eigenvalue weighted by molar-refractivity contribution is -0.117. The molecule has 0 aliphatic carbocycles. The van der Waals surface area contributed by atoms with Crippen molar-refractivity contribution >= 4 is 40.6 Å². The Morgan fingerprint density at radius 3 is 2.78 bits per heavy atom. The number of anilines is 3. The number of pyridine rings is 1. The molecular formula is C23H27ClN6O2. The van der Waals surface area contributed by atoms with Crippen LogP contribution in [0.25, 0.3) is 0 Å². The number of benzene rings is 1. The van der Waals surface area contributed by atoms with E-state index in [0.29, 0.717) is 10.6 Å². The highest BCUT2D eigenvalue weighted by Gasteiger charge is 2.37. The first-order valence-corrected chi connectivity index (χ1v) is 11.5. The fourth-order valence-corrected chi connectivity index (χ4v) is 5.17. The smallest absolute Gasteiger partial charge is 0.251 e. The number of halogens is 1. The Bertz CT molecular complexity index is 1050. The lowest BCUT2D eigenvalue weighted by Gasteiger charge is -2.37. The number of nitrogens with zero attached hydrogens (tertiary/aromatic N) is 4. The number of rotatable bonds is 4. The first-order chi connectivity index (χ1) is 15.5. The summed E-state index contributed by atoms with van der Waals surface area (Å²) in [5, 5.41) is 6.26. The maximum Gasteiger partial charge on any atom is 0.251 e. The summed E-state index contributed by atoms with van der Waals surface area (Å²) in [6.45, 7) is 5.17. The summed E-state index contributed by atoms with van der Waals surface area (Å²) >= 11 is 6.47. The highest BCUT2D eigenvalue weighted by Crippen LogP contribution is 2.35. The van der Waals surface area contributed by atoms with Gasteiger partial charge in [0, 0.05) is 58.1 Å². The molecule has 0 saturated carbocycles. The van der Waals surface area contributed by atoms with Crippen LogP contribution in [0.2, 0.25) is 5.02 Å². The average Bonchev–Trinajstić information content (AvgIpc) is 3.30. The molecule has 1 aromatic carbocycles. The first kappa shape index (κ1) is 21.0. The average molecular weight is 455 g/mol. The Hall–Kier alpha value is -2.84. The SMILES string of the molecule is CNC(=O)c1ccc(N2CCN(Cc3cnc4c(c3)NC(=O)[C@@H]3CCCN43)CC2)c(Cl)c1. The van der Waals surface area contributed by atoms with Crippen LogP contribution in [0.4, 0.5) is 17.2 Å². The van der Waals surface area contributed by atoms with E-state index in [1.54, 1.807) is 13.1 Å². The highest BCUT2D eigenvalue weighted by molar-refractivity contribution is 6.33. The standard InChI is InChI=1S/C23H27ClN6O2/c1-25-22(31)16-4-5-19(17(24)12-16)29-9-7-28(8-10-29)14-15-11-18-21(26-13-15)30-6-2-3-20(30)23(32)27-18/h4-5,11-13,20H,2-3,6-10,14H2,1H3,(H,25,31)(H,27,32)/t20-/m0/s1. The van der Waals surface area contributed by atoms with Crippen molar-refractivity contribution in [3.05, 3.63) is 46.6 Å². The van der Waals surface area contributed by atoms with Crippen LogP contribution in [0.5, 0.6) is 0 Å². The van der Waals surface area contributed by atoms with Crippen molar-refractivity contribution in [1.82, 2.24) is 15.2 Å². The van der Waals surface area contributed by atoms with Gasteiger partial charge in [0.1, 0.15) is 6.04 Å². The van der Waals surface area contributed by atoms with Crippen molar-refractivity contribution in [3.63, 3.8) is 0 Å². The van der Waals surface area contributed by atoms with Crippen molar-refractivity contribution in [3.8, 4) is 0 Å². The molecule has 32 heavy (non-hydrogen) atoms. The minimum atomic E-state index is -0.140. The molecule has 168 valence electrons. The Labute approximate surface area is 192 Å². The molecule has 2 aromatic rings. The number of aromatic nitrogens is 1. The van der Waals surface area contributed by atoms with Crippen LogP contribution in [-0.2, 0) is 11.3 Å². The van der Waals surface area contributed by atoms with E-state index >= 15 is 0 Å². The predicted octanol–water partition coefficient (Wildman–Crippen LogP) is 2.34. The van der Waals surface area contributed by atoms with Crippen LogP contribution in [0.3, 0.4) is 0 Å². The second kappa shape index (κ2) is 8.60. The number of hydrogen-bond acceptors (Lipinski definition) is 6. The number of carbonyl (C=O) groups is 2. The van der Waals surface area contributed by atoms with Crippen LogP contribution >= 0.6 is 11.6 Å². The molecule has 2 saturated heterocycles. The molecule has 8 nitrogen and oxygen atoms in total. The molecule has 0 spiro atoms. The summed E-state index contributed by atoms with van der Waals surface area (Å²) in [5.74, 6) is 0.843. The van der Waals surface area contributed by atoms with Gasteiger partial charge in [0.15, 0.2) is 5.82 Å². The summed E-state index contributed by atoms with van der Waals surface area (Å²) < 4.78 is 0. The highest BCUT2D eigenvalue weighted by atomic mass is 35.5. The molecule has 5 rings (SSSR count). The van der Waals surface area contributed by atoms with Crippen molar-refractivity contribution in [2.75, 3.05) is 54.9 Å². The lowest BCUT2D eigenvalue weighted by Crippen LogP contribution is -2.46. The number of piperazine rings is 1. The van der Waals surface area contributed by atoms with Crippen molar-refractivity contribution in [2.45, 2.75) is 25.4 Å². The van der Waals surface area contributed by atoms with Crippen molar-refractivity contribution in [1.29, 1.82) is 0 Å². The maximum absolute atomic E-state index is 12.4. The van der Waals surface area contributed by atoms with Gasteiger partial charge in [-0.05, 0) is 42.7 Å². The van der Waals surface area contributed by atoms with E-state index in [9.17, 15) is 9.59 Å². The molecular weight excluding hydrogens is 428 g/mol. The van der Waals surface area contributed by atoms with E-state index in [1.165, 1.54) is 0 Å². The summed E-state index contributed by atoms with van der Waals surface area (Å²) in [5.41, 5.74) is 3.44. The Balaban J connectivity index is 1.22. The molecule has 2 amide bonds. The molecule has 2 N–H and O–H groups in total. The number of hydrogen-bond donors (Lipinski definition) is 2. The van der Waals surface area contributed by atoms with Crippen LogP contribution < -0.4 is 20.4 Å². The molecule has 1 atom stereocenters. The van der Waals surface area contributed by atoms with E-state index in [2.05, 4.69) is 36.4 Å². The third-order valence-corrected chi connectivity index (χ3v) is 6.87. The normalized spacial score (nSPS) is 20.6. The largest absolute Gasteiger partial charge is 0.368 e. The topological polar surface area (TPSA) is 80.8 Å². The van der Waals surface area contributed by atoms with E-state index in [4.69, 9.17) is 11.6 Å². The van der Waals surface area contributed by atoms with Gasteiger partial charge in [0.05, 0.1) is 16.4 Å². The van der Waals surface area contributed by atoms with Gasteiger partial charge in [-0.1, -0.05) is 11.6 Å². The minimum absolute atomic E-state index is 0.0637. The lowest BCUT2D eigenvalue weighted by atomic mass is 10.1. The second-order valence-corrected chi connectivity index (χ2v) is 8.97. The van der Waals surface area contributed by atoms with Crippen LogP contribution in [0.15, 0.2) is 30.5 Å². The van der Waals surface area contributed by atoms with Crippen molar-refractivity contribution < 1.29 is 9.59 Å². The van der Waals surface area contributed by atoms with Gasteiger partial charge in [0.2, 0.25) is 5.91 Å². The Kier molecular flexibility index (Phi) is 5.65. The monoisotopic (exact) mass is 454 g/mol. The molecule has 9 heteroatoms. The second-order valence-electron chi connectivity index (χ2n) is 8.56. The fraction of sp³-hybridized carbons (Fsp3) is 0.435. The summed E-state index contributed by atoms with van der Waals surface area (Å²) in [7, 11) is 1.61. The quantitative estimate of drug-likeness (QED) is 0.738. The molecule has 0 radical (unpaired) electrons. The van der Waals surface area contributed by atoms with Crippen molar-refractivity contribution in [2.24, 2.45) is 0 Å². The fourth-order valence-electron chi connectivity index (χ4n) is 4.87. The molecule has 0 unspecified atom stereocenters. The van der Waals surface area contributed by atoms with Crippen LogP contribution in [0, 0.1) is 0 Å². The van der Waals surface area contributed by atoms with Gasteiger partial charge >= 0.3 is 0 Å². The first-order valence-electron chi connectivity index (χ1n) is 11.1. The maximum atomic E-state index is 12.4. The van der Waals surface area contributed by atoms with E-state index in [0.717, 1.165) is 74.9 Å². The molecule has 1 aromatic heterocycles. The molecule has 3 aliphatic rings. The summed E-state index contributed by atoms with van der Waals surface area (Å²) in [4.78, 5) is 35.7. The Morgan fingerprint density at radius 2 is 2.03 bits per heavy atom. The van der Waals surface area contributed by atoms with Gasteiger partial charge in [-0.2, -0.15) is 0 Å². The molecule has 2 fully saturated rings. The van der Waals surface area contributed by atoms with Crippen LogP contribution in [-0.4, -0.2) is 67.5 Å². The third kappa shape index (κ3) is 3.89. The summed E-state index contributed by atoms with van der Waals surface area (Å²) in [6.07, 6.45) is 3.87. The predicted molar refractivity (Wildman–Crippen MR) is 126 cm³/mol. The zero-order valence-corrected chi connectivity index (χ0v) is 18.9. The number of carbonyl (C=O) groups excluding carboxylic acids is 2. The van der Waals surface area contributed by atoms with Gasteiger partial charge in [-0.3, -0.25) is 14.5 Å². The van der Waals surface area contributed by atoms with Crippen LogP contribution in [0.1, 0.15) is 28.8 Å². The van der Waals surface area contributed by atoms with Gasteiger partial charge in [-0.15, -0.1) is 0 Å². The molecule has 4 heterocycles. The Morgan fingerprint density at radius 1 is 1.22 bits per heavy atom. The zero-order chi connectivity index (χ0) is 22.2. The van der Waals surface area contributed by atoms with E-state index in [-0.39, 0.29) is 17.9 Å².